The molecule has 142 valence electrons. The molecule has 0 atom stereocenters. The lowest BCUT2D eigenvalue weighted by Gasteiger charge is -2.13. The van der Waals surface area contributed by atoms with Crippen LogP contribution in [0.2, 0.25) is 0 Å². The lowest BCUT2D eigenvalue weighted by Crippen LogP contribution is -2.22. The molecular weight excluding hydrogens is 386 g/mol. The van der Waals surface area contributed by atoms with E-state index in [4.69, 9.17) is 4.42 Å². The molecule has 0 aliphatic carbocycles. The highest BCUT2D eigenvalue weighted by Gasteiger charge is 2.16. The molecule has 4 rings (SSSR count). The van der Waals surface area contributed by atoms with Crippen LogP contribution in [0.1, 0.15) is 21.5 Å². The van der Waals surface area contributed by atoms with E-state index in [0.717, 1.165) is 27.3 Å². The lowest BCUT2D eigenvalue weighted by atomic mass is 10.0. The van der Waals surface area contributed by atoms with E-state index in [1.165, 1.54) is 12.1 Å². The van der Waals surface area contributed by atoms with E-state index in [2.05, 4.69) is 16.4 Å². The van der Waals surface area contributed by atoms with Gasteiger partial charge in [0.2, 0.25) is 0 Å². The molecular formula is C22H14N3O3S-. The van der Waals surface area contributed by atoms with Gasteiger partial charge in [0.05, 0.1) is 29.1 Å². The predicted molar refractivity (Wildman–Crippen MR) is 108 cm³/mol. The first-order chi connectivity index (χ1) is 14.2. The van der Waals surface area contributed by atoms with Gasteiger partial charge in [-0.25, -0.2) is 4.98 Å². The first kappa shape index (κ1) is 18.5. The van der Waals surface area contributed by atoms with Crippen LogP contribution in [-0.2, 0) is 6.54 Å². The molecule has 0 aliphatic heterocycles. The van der Waals surface area contributed by atoms with Crippen LogP contribution >= 0.6 is 11.3 Å². The SMILES string of the molecule is N#Cc1c(-c2ccoc2)cc(-c2cccs2)nc1NCc1ccc(C(=O)[O-])cc1. The van der Waals surface area contributed by atoms with Crippen LogP contribution in [0.3, 0.4) is 0 Å². The van der Waals surface area contributed by atoms with Gasteiger partial charge in [-0.1, -0.05) is 30.3 Å². The topological polar surface area (TPSA) is 102 Å². The van der Waals surface area contributed by atoms with Gasteiger partial charge in [0.1, 0.15) is 17.5 Å². The summed E-state index contributed by atoms with van der Waals surface area (Å²) in [5.74, 6) is -0.759. The van der Waals surface area contributed by atoms with Crippen molar-refractivity contribution in [2.45, 2.75) is 6.54 Å². The maximum atomic E-state index is 10.9. The summed E-state index contributed by atoms with van der Waals surface area (Å²) >= 11 is 1.56. The molecule has 1 aromatic carbocycles. The maximum Gasteiger partial charge on any atom is 0.145 e. The van der Waals surface area contributed by atoms with Crippen molar-refractivity contribution in [3.63, 3.8) is 0 Å². The number of anilines is 1. The first-order valence-corrected chi connectivity index (χ1v) is 9.59. The smallest absolute Gasteiger partial charge is 0.145 e. The molecule has 0 bridgehead atoms. The van der Waals surface area contributed by atoms with Crippen molar-refractivity contribution >= 4 is 23.1 Å². The maximum absolute atomic E-state index is 10.9. The second-order valence-electron chi connectivity index (χ2n) is 6.22. The van der Waals surface area contributed by atoms with Crippen LogP contribution in [0.5, 0.6) is 0 Å². The summed E-state index contributed by atoms with van der Waals surface area (Å²) in [5, 5.41) is 25.9. The number of furan rings is 1. The normalized spacial score (nSPS) is 10.4. The fraction of sp³-hybridized carbons (Fsp3) is 0.0455. The van der Waals surface area contributed by atoms with E-state index in [0.29, 0.717) is 17.9 Å². The summed E-state index contributed by atoms with van der Waals surface area (Å²) in [5.41, 5.74) is 3.67. The van der Waals surface area contributed by atoms with Gasteiger partial charge in [-0.2, -0.15) is 5.26 Å². The molecule has 29 heavy (non-hydrogen) atoms. The second kappa shape index (κ2) is 8.00. The first-order valence-electron chi connectivity index (χ1n) is 8.71. The quantitative estimate of drug-likeness (QED) is 0.526. The summed E-state index contributed by atoms with van der Waals surface area (Å²) in [6, 6.07) is 16.2. The number of hydrogen-bond donors (Lipinski definition) is 1. The molecule has 3 aromatic heterocycles. The third kappa shape index (κ3) is 3.88. The number of aromatic nitrogens is 1. The number of carbonyl (C=O) groups is 1. The van der Waals surface area contributed by atoms with E-state index in [-0.39, 0.29) is 5.56 Å². The number of aromatic carboxylic acids is 1. The molecule has 7 heteroatoms. The number of carboxylic acids is 1. The van der Waals surface area contributed by atoms with E-state index in [1.807, 2.05) is 23.6 Å². The van der Waals surface area contributed by atoms with Crippen LogP contribution in [0, 0.1) is 11.3 Å². The van der Waals surface area contributed by atoms with Crippen LogP contribution in [0.25, 0.3) is 21.7 Å². The summed E-state index contributed by atoms with van der Waals surface area (Å²) in [6.45, 7) is 0.383. The summed E-state index contributed by atoms with van der Waals surface area (Å²) in [7, 11) is 0. The molecule has 0 amide bonds. The third-order valence-electron chi connectivity index (χ3n) is 4.39. The number of thiophene rings is 1. The number of nitrogens with zero attached hydrogens (tertiary/aromatic N) is 2. The van der Waals surface area contributed by atoms with Crippen molar-refractivity contribution in [1.29, 1.82) is 5.26 Å². The zero-order valence-corrected chi connectivity index (χ0v) is 15.9. The van der Waals surface area contributed by atoms with E-state index >= 15 is 0 Å². The Bertz CT molecular complexity index is 1180. The number of rotatable bonds is 6. The summed E-state index contributed by atoms with van der Waals surface area (Å²) < 4.78 is 5.20. The Labute approximate surface area is 170 Å². The number of nitriles is 1. The summed E-state index contributed by atoms with van der Waals surface area (Å²) in [4.78, 5) is 16.5. The molecule has 0 saturated carbocycles. The molecule has 0 radical (unpaired) electrons. The van der Waals surface area contributed by atoms with Crippen molar-refractivity contribution in [1.82, 2.24) is 4.98 Å². The Balaban J connectivity index is 1.71. The Morgan fingerprint density at radius 2 is 2.07 bits per heavy atom. The van der Waals surface area contributed by atoms with Gasteiger partial charge in [-0.05, 0) is 34.7 Å². The molecule has 0 saturated heterocycles. The minimum absolute atomic E-state index is 0.117. The fourth-order valence-corrected chi connectivity index (χ4v) is 3.61. The zero-order valence-electron chi connectivity index (χ0n) is 15.1. The average Bonchev–Trinajstić information content (AvgIpc) is 3.46. The molecule has 0 fully saturated rings. The van der Waals surface area contributed by atoms with Crippen LogP contribution in [0.4, 0.5) is 5.82 Å². The average molecular weight is 400 g/mol. The van der Waals surface area contributed by atoms with E-state index in [9.17, 15) is 15.2 Å². The van der Waals surface area contributed by atoms with Gasteiger partial charge in [0, 0.05) is 17.7 Å². The van der Waals surface area contributed by atoms with Crippen molar-refractivity contribution in [3.8, 4) is 27.8 Å². The van der Waals surface area contributed by atoms with Gasteiger partial charge in [-0.15, -0.1) is 11.3 Å². The highest BCUT2D eigenvalue weighted by Crippen LogP contribution is 2.34. The zero-order chi connectivity index (χ0) is 20.2. The van der Waals surface area contributed by atoms with Crippen LogP contribution in [0.15, 0.2) is 70.9 Å². The largest absolute Gasteiger partial charge is 0.545 e. The fourth-order valence-electron chi connectivity index (χ4n) is 2.93. The molecule has 3 heterocycles. The Morgan fingerprint density at radius 3 is 2.69 bits per heavy atom. The molecule has 0 aliphatic rings. The molecule has 0 unspecified atom stereocenters. The molecule has 0 spiro atoms. The van der Waals surface area contributed by atoms with Crippen molar-refractivity contribution in [2.24, 2.45) is 0 Å². The number of carbonyl (C=O) groups excluding carboxylic acids is 1. The second-order valence-corrected chi connectivity index (χ2v) is 7.17. The minimum Gasteiger partial charge on any atom is -0.545 e. The van der Waals surface area contributed by atoms with E-state index in [1.54, 1.807) is 42.1 Å². The Morgan fingerprint density at radius 1 is 1.24 bits per heavy atom. The van der Waals surface area contributed by atoms with Gasteiger partial charge >= 0.3 is 0 Å². The Hall–Kier alpha value is -3.89. The molecule has 6 nitrogen and oxygen atoms in total. The van der Waals surface area contributed by atoms with Crippen molar-refractivity contribution < 1.29 is 14.3 Å². The molecule has 4 aromatic rings. The standard InChI is InChI=1S/C22H15N3O3S/c23-11-18-17(16-7-8-28-13-16)10-19(20-2-1-9-29-20)25-21(18)24-12-14-3-5-15(6-4-14)22(26)27/h1-10,13H,12H2,(H,24,25)(H,26,27)/p-1. The number of nitrogens with one attached hydrogen (secondary N) is 1. The minimum atomic E-state index is -1.22. The van der Waals surface area contributed by atoms with E-state index < -0.39 is 5.97 Å². The summed E-state index contributed by atoms with van der Waals surface area (Å²) in [6.07, 6.45) is 3.16. The number of hydrogen-bond acceptors (Lipinski definition) is 7. The van der Waals surface area contributed by atoms with Crippen LogP contribution in [-0.4, -0.2) is 11.0 Å². The van der Waals surface area contributed by atoms with Gasteiger partial charge in [0.15, 0.2) is 0 Å². The van der Waals surface area contributed by atoms with Crippen molar-refractivity contribution in [3.05, 3.63) is 83.1 Å². The number of pyridine rings is 1. The lowest BCUT2D eigenvalue weighted by molar-refractivity contribution is -0.255. The Kier molecular flexibility index (Phi) is 5.10. The molecule has 1 N–H and O–H groups in total. The van der Waals surface area contributed by atoms with Gasteiger partial charge < -0.3 is 19.6 Å². The number of carboxylic acid groups (broad SMARTS) is 1. The highest BCUT2D eigenvalue weighted by molar-refractivity contribution is 7.13. The number of benzene rings is 1. The van der Waals surface area contributed by atoms with Crippen molar-refractivity contribution in [2.75, 3.05) is 5.32 Å². The highest BCUT2D eigenvalue weighted by atomic mass is 32.1. The van der Waals surface area contributed by atoms with Gasteiger partial charge in [0.25, 0.3) is 0 Å². The van der Waals surface area contributed by atoms with Gasteiger partial charge in [-0.3, -0.25) is 0 Å². The van der Waals surface area contributed by atoms with Crippen LogP contribution < -0.4 is 10.4 Å². The predicted octanol–water partition coefficient (Wildman–Crippen LogP) is 3.92. The monoisotopic (exact) mass is 400 g/mol. The third-order valence-corrected chi connectivity index (χ3v) is 5.28.